The lowest BCUT2D eigenvalue weighted by Crippen LogP contribution is -2.34. The molecule has 3 N–H and O–H groups in total. The number of carbonyl (C=O) groups excluding carboxylic acids is 1. The van der Waals surface area contributed by atoms with Crippen LogP contribution in [-0.2, 0) is 4.79 Å². The van der Waals surface area contributed by atoms with Crippen LogP contribution in [0.2, 0.25) is 0 Å². The molecule has 1 atom stereocenters. The van der Waals surface area contributed by atoms with Crippen LogP contribution in [0, 0.1) is 0 Å². The molecule has 1 rings (SSSR count). The van der Waals surface area contributed by atoms with Gasteiger partial charge in [0.2, 0.25) is 5.91 Å². The van der Waals surface area contributed by atoms with Gasteiger partial charge in [0.05, 0.1) is 5.75 Å². The lowest BCUT2D eigenvalue weighted by atomic mass is 10.0. The maximum atomic E-state index is 10.4. The lowest BCUT2D eigenvalue weighted by Gasteiger charge is -2.22. The highest BCUT2D eigenvalue weighted by atomic mass is 32.2. The number of hydrogen-bond acceptors (Lipinski definition) is 3. The summed E-state index contributed by atoms with van der Waals surface area (Å²) in [5.41, 5.74) is 5.04. The normalized spacial score (nSPS) is 22.9. The van der Waals surface area contributed by atoms with Crippen molar-refractivity contribution in [3.8, 4) is 0 Å². The fourth-order valence-corrected chi connectivity index (χ4v) is 2.37. The van der Waals surface area contributed by atoms with Crippen molar-refractivity contribution in [1.29, 1.82) is 0 Å². The molecule has 0 radical (unpaired) electrons. The highest BCUT2D eigenvalue weighted by molar-refractivity contribution is 7.99. The maximum Gasteiger partial charge on any atom is 0.227 e. The first-order valence-corrected chi connectivity index (χ1v) is 6.04. The topological polar surface area (TPSA) is 55.1 Å². The number of amides is 1. The highest BCUT2D eigenvalue weighted by Gasteiger charge is 2.11. The molecule has 1 saturated heterocycles. The van der Waals surface area contributed by atoms with E-state index in [0.29, 0.717) is 11.8 Å². The first-order valence-electron chi connectivity index (χ1n) is 4.88. The lowest BCUT2D eigenvalue weighted by molar-refractivity contribution is -0.115. The molecule has 76 valence electrons. The Hall–Kier alpha value is -0.220. The van der Waals surface area contributed by atoms with Crippen LogP contribution in [0.4, 0.5) is 0 Å². The van der Waals surface area contributed by atoms with Crippen LogP contribution in [-0.4, -0.2) is 30.0 Å². The van der Waals surface area contributed by atoms with Gasteiger partial charge in [-0.15, -0.1) is 0 Å². The van der Waals surface area contributed by atoms with E-state index in [1.807, 2.05) is 0 Å². The smallest absolute Gasteiger partial charge is 0.227 e. The molecule has 1 aliphatic rings. The molecule has 0 aliphatic carbocycles. The van der Waals surface area contributed by atoms with Crippen molar-refractivity contribution in [3.05, 3.63) is 0 Å². The first kappa shape index (κ1) is 10.9. The van der Waals surface area contributed by atoms with E-state index in [1.165, 1.54) is 19.3 Å². The molecule has 1 fully saturated rings. The summed E-state index contributed by atoms with van der Waals surface area (Å²) in [5, 5.41) is 3.48. The van der Waals surface area contributed by atoms with Crippen LogP contribution in [0.3, 0.4) is 0 Å². The molecule has 1 unspecified atom stereocenters. The van der Waals surface area contributed by atoms with Gasteiger partial charge in [-0.1, -0.05) is 6.42 Å². The van der Waals surface area contributed by atoms with Crippen molar-refractivity contribution in [2.24, 2.45) is 5.73 Å². The van der Waals surface area contributed by atoms with Crippen LogP contribution in [0.15, 0.2) is 0 Å². The average Bonchev–Trinajstić information content (AvgIpc) is 2.14. The summed E-state index contributed by atoms with van der Waals surface area (Å²) >= 11 is 1.64. The quantitative estimate of drug-likeness (QED) is 0.646. The predicted octanol–water partition coefficient (Wildman–Crippen LogP) is 0.737. The Morgan fingerprint density at radius 3 is 3.00 bits per heavy atom. The molecule has 0 spiro atoms. The van der Waals surface area contributed by atoms with Gasteiger partial charge >= 0.3 is 0 Å². The Morgan fingerprint density at radius 2 is 2.38 bits per heavy atom. The number of nitrogens with one attached hydrogen (secondary N) is 1. The van der Waals surface area contributed by atoms with Gasteiger partial charge in [-0.2, -0.15) is 11.8 Å². The molecule has 0 saturated carbocycles. The summed E-state index contributed by atoms with van der Waals surface area (Å²) in [4.78, 5) is 10.4. The van der Waals surface area contributed by atoms with Gasteiger partial charge in [-0.05, 0) is 31.6 Å². The Morgan fingerprint density at radius 1 is 1.54 bits per heavy atom. The maximum absolute atomic E-state index is 10.4. The summed E-state index contributed by atoms with van der Waals surface area (Å²) in [5.74, 6) is 1.30. The fourth-order valence-electron chi connectivity index (χ4n) is 1.57. The minimum atomic E-state index is -0.207. The summed E-state index contributed by atoms with van der Waals surface area (Å²) < 4.78 is 0. The van der Waals surface area contributed by atoms with E-state index >= 15 is 0 Å². The molecule has 1 heterocycles. The van der Waals surface area contributed by atoms with Gasteiger partial charge < -0.3 is 11.1 Å². The van der Waals surface area contributed by atoms with Crippen molar-refractivity contribution in [2.75, 3.05) is 18.1 Å². The van der Waals surface area contributed by atoms with Crippen LogP contribution < -0.4 is 11.1 Å². The number of primary amides is 1. The second-order valence-electron chi connectivity index (χ2n) is 3.45. The van der Waals surface area contributed by atoms with E-state index in [2.05, 4.69) is 5.32 Å². The second-order valence-corrected chi connectivity index (χ2v) is 4.56. The van der Waals surface area contributed by atoms with Gasteiger partial charge in [0.15, 0.2) is 0 Å². The van der Waals surface area contributed by atoms with Crippen molar-refractivity contribution >= 4 is 17.7 Å². The number of thioether (sulfide) groups is 1. The standard InChI is InChI=1S/C9H18N2OS/c10-9(12)7-13-6-4-8-3-1-2-5-11-8/h8,11H,1-7H2,(H2,10,12). The van der Waals surface area contributed by atoms with Crippen LogP contribution in [0.5, 0.6) is 0 Å². The zero-order chi connectivity index (χ0) is 9.52. The summed E-state index contributed by atoms with van der Waals surface area (Å²) in [6, 6.07) is 0.675. The van der Waals surface area contributed by atoms with E-state index in [9.17, 15) is 4.79 Å². The largest absolute Gasteiger partial charge is 0.369 e. The third kappa shape index (κ3) is 5.16. The molecule has 1 amide bonds. The minimum Gasteiger partial charge on any atom is -0.369 e. The molecular formula is C9H18N2OS. The molecule has 0 bridgehead atoms. The number of piperidine rings is 1. The SMILES string of the molecule is NC(=O)CSCCC1CCCCN1. The van der Waals surface area contributed by atoms with Gasteiger partial charge in [-0.3, -0.25) is 4.79 Å². The number of nitrogens with two attached hydrogens (primary N) is 1. The van der Waals surface area contributed by atoms with Crippen LogP contribution in [0.25, 0.3) is 0 Å². The molecule has 1 aliphatic heterocycles. The van der Waals surface area contributed by atoms with E-state index in [1.54, 1.807) is 11.8 Å². The molecule has 0 aromatic rings. The Balaban J connectivity index is 1.95. The van der Waals surface area contributed by atoms with Crippen molar-refractivity contribution in [2.45, 2.75) is 31.7 Å². The van der Waals surface area contributed by atoms with Crippen LogP contribution >= 0.6 is 11.8 Å². The van der Waals surface area contributed by atoms with Gasteiger partial charge in [0.1, 0.15) is 0 Å². The summed E-state index contributed by atoms with van der Waals surface area (Å²) in [6.45, 7) is 1.16. The second kappa shape index (κ2) is 6.27. The predicted molar refractivity (Wildman–Crippen MR) is 56.8 cm³/mol. The molecule has 0 aromatic carbocycles. The van der Waals surface area contributed by atoms with Crippen molar-refractivity contribution in [3.63, 3.8) is 0 Å². The molecule has 0 aromatic heterocycles. The molecule has 4 heteroatoms. The molecular weight excluding hydrogens is 184 g/mol. The zero-order valence-corrected chi connectivity index (χ0v) is 8.74. The Kier molecular flexibility index (Phi) is 5.23. The Bertz CT molecular complexity index is 158. The first-order chi connectivity index (χ1) is 6.29. The van der Waals surface area contributed by atoms with Crippen LogP contribution in [0.1, 0.15) is 25.7 Å². The fraction of sp³-hybridized carbons (Fsp3) is 0.889. The summed E-state index contributed by atoms with van der Waals surface area (Å²) in [6.07, 6.45) is 5.11. The van der Waals surface area contributed by atoms with Gasteiger partial charge in [0.25, 0.3) is 0 Å². The molecule has 13 heavy (non-hydrogen) atoms. The highest BCUT2D eigenvalue weighted by Crippen LogP contribution is 2.12. The number of carbonyl (C=O) groups is 1. The Labute approximate surface area is 83.8 Å². The average molecular weight is 202 g/mol. The van der Waals surface area contributed by atoms with E-state index < -0.39 is 0 Å². The van der Waals surface area contributed by atoms with E-state index in [4.69, 9.17) is 5.73 Å². The molecule has 3 nitrogen and oxygen atoms in total. The zero-order valence-electron chi connectivity index (χ0n) is 7.92. The summed E-state index contributed by atoms with van der Waals surface area (Å²) in [7, 11) is 0. The van der Waals surface area contributed by atoms with Gasteiger partial charge in [0, 0.05) is 6.04 Å². The van der Waals surface area contributed by atoms with Gasteiger partial charge in [-0.25, -0.2) is 0 Å². The third-order valence-electron chi connectivity index (χ3n) is 2.27. The monoisotopic (exact) mass is 202 g/mol. The van der Waals surface area contributed by atoms with Crippen molar-refractivity contribution < 1.29 is 4.79 Å². The minimum absolute atomic E-state index is 0.207. The number of rotatable bonds is 5. The van der Waals surface area contributed by atoms with E-state index in [0.717, 1.165) is 18.7 Å². The third-order valence-corrected chi connectivity index (χ3v) is 3.28. The van der Waals surface area contributed by atoms with Crippen molar-refractivity contribution in [1.82, 2.24) is 5.32 Å². The van der Waals surface area contributed by atoms with E-state index in [-0.39, 0.29) is 5.91 Å². The number of hydrogen-bond donors (Lipinski definition) is 2.